The van der Waals surface area contributed by atoms with E-state index >= 15 is 0 Å². The van der Waals surface area contributed by atoms with Crippen molar-refractivity contribution in [2.75, 3.05) is 0 Å². The zero-order valence-corrected chi connectivity index (χ0v) is 15.2. The van der Waals surface area contributed by atoms with Crippen molar-refractivity contribution < 1.29 is 5.11 Å². The number of rotatable bonds is 3. The highest BCUT2D eigenvalue weighted by molar-refractivity contribution is 9.10. The molecule has 1 aliphatic carbocycles. The number of phenols is 1. The highest BCUT2D eigenvalue weighted by Crippen LogP contribution is 2.49. The summed E-state index contributed by atoms with van der Waals surface area (Å²) in [6.07, 6.45) is 5.34. The molecule has 1 aliphatic rings. The topological polar surface area (TPSA) is 20.2 Å². The van der Waals surface area contributed by atoms with Crippen molar-refractivity contribution >= 4 is 31.9 Å². The molecule has 0 aromatic heterocycles. The molecule has 1 aromatic rings. The van der Waals surface area contributed by atoms with Gasteiger partial charge in [-0.3, -0.25) is 0 Å². The summed E-state index contributed by atoms with van der Waals surface area (Å²) in [6, 6.07) is 5.68. The Labute approximate surface area is 138 Å². The molecule has 2 rings (SSSR count). The number of aromatic hydroxyl groups is 1. The summed E-state index contributed by atoms with van der Waals surface area (Å²) in [7, 11) is 0. The van der Waals surface area contributed by atoms with E-state index in [9.17, 15) is 5.11 Å². The number of halogens is 2. The van der Waals surface area contributed by atoms with Gasteiger partial charge in [0.15, 0.2) is 0 Å². The molecule has 0 spiro atoms. The Morgan fingerprint density at radius 1 is 1.40 bits per heavy atom. The van der Waals surface area contributed by atoms with Gasteiger partial charge in [-0.1, -0.05) is 51.8 Å². The van der Waals surface area contributed by atoms with Gasteiger partial charge in [-0.25, -0.2) is 0 Å². The lowest BCUT2D eigenvalue weighted by molar-refractivity contribution is 0.108. The molecule has 0 radical (unpaired) electrons. The van der Waals surface area contributed by atoms with E-state index in [4.69, 9.17) is 0 Å². The largest absolute Gasteiger partial charge is 0.508 e. The van der Waals surface area contributed by atoms with Crippen LogP contribution in [0.4, 0.5) is 0 Å². The molecule has 0 bridgehead atoms. The molecular formula is C17H22Br2O. The Balaban J connectivity index is 2.32. The fraction of sp³-hybridized carbons (Fsp3) is 0.529. The van der Waals surface area contributed by atoms with Crippen molar-refractivity contribution in [2.24, 2.45) is 17.3 Å². The van der Waals surface area contributed by atoms with Crippen LogP contribution in [0.1, 0.15) is 32.3 Å². The third-order valence-corrected chi connectivity index (χ3v) is 6.95. The molecule has 3 atom stereocenters. The number of alkyl halides is 1. The molecule has 0 amide bonds. The fourth-order valence-corrected chi connectivity index (χ4v) is 4.36. The Morgan fingerprint density at radius 2 is 2.10 bits per heavy atom. The number of allylic oxidation sites excluding steroid dienone is 1. The van der Waals surface area contributed by atoms with Crippen LogP contribution in [0.15, 0.2) is 35.3 Å². The molecule has 1 fully saturated rings. The van der Waals surface area contributed by atoms with Crippen LogP contribution < -0.4 is 0 Å². The molecule has 1 aromatic carbocycles. The van der Waals surface area contributed by atoms with Gasteiger partial charge in [0.25, 0.3) is 0 Å². The van der Waals surface area contributed by atoms with Crippen LogP contribution in [0.5, 0.6) is 5.75 Å². The van der Waals surface area contributed by atoms with Crippen LogP contribution in [-0.4, -0.2) is 9.93 Å². The van der Waals surface area contributed by atoms with Gasteiger partial charge in [0, 0.05) is 9.30 Å². The van der Waals surface area contributed by atoms with Gasteiger partial charge in [0.05, 0.1) is 0 Å². The van der Waals surface area contributed by atoms with Crippen LogP contribution in [0.2, 0.25) is 0 Å². The Kier molecular flexibility index (Phi) is 5.01. The molecule has 0 saturated heterocycles. The zero-order valence-electron chi connectivity index (χ0n) is 12.1. The van der Waals surface area contributed by atoms with Crippen molar-refractivity contribution in [1.82, 2.24) is 0 Å². The normalized spacial score (nSPS) is 29.1. The van der Waals surface area contributed by atoms with Gasteiger partial charge in [0.2, 0.25) is 0 Å². The lowest BCUT2D eigenvalue weighted by Gasteiger charge is -2.47. The average molecular weight is 402 g/mol. The standard InChI is InChI=1S/C17H22Br2O/c1-4-11-5-8-16(19)17(2,3)14(11)10-12-9-13(18)6-7-15(12)20/h4,6-7,9,11,14,16,20H,1,5,8,10H2,2-3H3. The van der Waals surface area contributed by atoms with E-state index in [1.165, 1.54) is 12.8 Å². The maximum Gasteiger partial charge on any atom is 0.118 e. The average Bonchev–Trinajstić information content (AvgIpc) is 2.40. The zero-order chi connectivity index (χ0) is 14.9. The highest BCUT2D eigenvalue weighted by Gasteiger charge is 2.43. The van der Waals surface area contributed by atoms with E-state index in [1.54, 1.807) is 6.07 Å². The summed E-state index contributed by atoms with van der Waals surface area (Å²) in [5, 5.41) is 10.1. The van der Waals surface area contributed by atoms with E-state index < -0.39 is 0 Å². The molecule has 3 heteroatoms. The van der Waals surface area contributed by atoms with Crippen LogP contribution in [0, 0.1) is 17.3 Å². The summed E-state index contributed by atoms with van der Waals surface area (Å²) >= 11 is 7.34. The minimum Gasteiger partial charge on any atom is -0.508 e. The molecule has 1 nitrogen and oxygen atoms in total. The second-order valence-electron chi connectivity index (χ2n) is 6.35. The maximum atomic E-state index is 10.1. The first-order valence-electron chi connectivity index (χ1n) is 7.10. The van der Waals surface area contributed by atoms with Gasteiger partial charge in [-0.15, -0.1) is 6.58 Å². The van der Waals surface area contributed by atoms with Crippen molar-refractivity contribution in [3.05, 3.63) is 40.9 Å². The van der Waals surface area contributed by atoms with Crippen LogP contribution in [0.3, 0.4) is 0 Å². The molecule has 0 aliphatic heterocycles. The molecule has 3 unspecified atom stereocenters. The predicted octanol–water partition coefficient (Wildman–Crippen LogP) is 5.70. The smallest absolute Gasteiger partial charge is 0.118 e. The summed E-state index contributed by atoms with van der Waals surface area (Å²) < 4.78 is 1.02. The highest BCUT2D eigenvalue weighted by atomic mass is 79.9. The van der Waals surface area contributed by atoms with E-state index in [0.29, 0.717) is 22.4 Å². The van der Waals surface area contributed by atoms with Crippen LogP contribution in [0.25, 0.3) is 0 Å². The van der Waals surface area contributed by atoms with Crippen LogP contribution in [-0.2, 0) is 6.42 Å². The lowest BCUT2D eigenvalue weighted by atomic mass is 9.61. The van der Waals surface area contributed by atoms with E-state index in [2.05, 4.69) is 58.4 Å². The second-order valence-corrected chi connectivity index (χ2v) is 8.37. The van der Waals surface area contributed by atoms with Crippen molar-refractivity contribution in [3.63, 3.8) is 0 Å². The lowest BCUT2D eigenvalue weighted by Crippen LogP contribution is -2.42. The molecule has 1 saturated carbocycles. The first kappa shape index (κ1) is 16.1. The Hall–Kier alpha value is -0.280. The summed E-state index contributed by atoms with van der Waals surface area (Å²) in [6.45, 7) is 8.66. The predicted molar refractivity (Wildman–Crippen MR) is 92.4 cm³/mol. The number of hydrogen-bond acceptors (Lipinski definition) is 1. The molecule has 110 valence electrons. The van der Waals surface area contributed by atoms with Crippen LogP contribution >= 0.6 is 31.9 Å². The minimum absolute atomic E-state index is 0.186. The number of benzene rings is 1. The number of phenolic OH excluding ortho intramolecular Hbond substituents is 1. The Morgan fingerprint density at radius 3 is 2.75 bits per heavy atom. The summed E-state index contributed by atoms with van der Waals surface area (Å²) in [5.41, 5.74) is 1.21. The number of hydrogen-bond donors (Lipinski definition) is 1. The maximum absolute atomic E-state index is 10.1. The van der Waals surface area contributed by atoms with Crippen molar-refractivity contribution in [3.8, 4) is 5.75 Å². The quantitative estimate of drug-likeness (QED) is 0.508. The second kappa shape index (κ2) is 6.23. The van der Waals surface area contributed by atoms with Gasteiger partial charge >= 0.3 is 0 Å². The molecule has 1 N–H and O–H groups in total. The van der Waals surface area contributed by atoms with Gasteiger partial charge in [-0.05, 0) is 60.3 Å². The van der Waals surface area contributed by atoms with Gasteiger partial charge in [0.1, 0.15) is 5.75 Å². The van der Waals surface area contributed by atoms with Gasteiger partial charge in [-0.2, -0.15) is 0 Å². The Bertz CT molecular complexity index is 496. The minimum atomic E-state index is 0.186. The third-order valence-electron chi connectivity index (χ3n) is 4.82. The van der Waals surface area contributed by atoms with Gasteiger partial charge < -0.3 is 5.11 Å². The van der Waals surface area contributed by atoms with Crippen molar-refractivity contribution in [2.45, 2.75) is 37.9 Å². The molecular weight excluding hydrogens is 380 g/mol. The van der Waals surface area contributed by atoms with Crippen molar-refractivity contribution in [1.29, 1.82) is 0 Å². The molecule has 20 heavy (non-hydrogen) atoms. The van der Waals surface area contributed by atoms with E-state index in [1.807, 2.05) is 12.1 Å². The van der Waals surface area contributed by atoms with E-state index in [-0.39, 0.29) is 5.41 Å². The summed E-state index contributed by atoms with van der Waals surface area (Å²) in [4.78, 5) is 0.519. The third kappa shape index (κ3) is 3.14. The molecule has 0 heterocycles. The SMILES string of the molecule is C=CC1CCC(Br)C(C)(C)C1Cc1cc(Br)ccc1O. The summed E-state index contributed by atoms with van der Waals surface area (Å²) in [5.74, 6) is 1.39. The first-order valence-corrected chi connectivity index (χ1v) is 8.81. The monoisotopic (exact) mass is 400 g/mol. The van der Waals surface area contributed by atoms with E-state index in [0.717, 1.165) is 16.5 Å². The fourth-order valence-electron chi connectivity index (χ4n) is 3.35. The first-order chi connectivity index (χ1) is 9.36.